The molecule has 1 rings (SSSR count). The molecule has 1 heterocycles. The molecule has 0 saturated heterocycles. The van der Waals surface area contributed by atoms with E-state index in [1.807, 2.05) is 6.92 Å². The van der Waals surface area contributed by atoms with Gasteiger partial charge in [-0.15, -0.1) is 0 Å². The summed E-state index contributed by atoms with van der Waals surface area (Å²) in [5.41, 5.74) is 3.52. The van der Waals surface area contributed by atoms with Crippen LogP contribution in [0.25, 0.3) is 0 Å². The average Bonchev–Trinajstić information content (AvgIpc) is 2.36. The zero-order valence-corrected chi connectivity index (χ0v) is 11.2. The molecule has 0 unspecified atom stereocenters. The first kappa shape index (κ1) is 14.4. The van der Waals surface area contributed by atoms with Gasteiger partial charge >= 0.3 is 0 Å². The van der Waals surface area contributed by atoms with Gasteiger partial charge in [0.2, 0.25) is 0 Å². The first-order chi connectivity index (χ1) is 8.33. The maximum Gasteiger partial charge on any atom is 0.257 e. The quantitative estimate of drug-likeness (QED) is 0.536. The number of amides is 1. The molecule has 1 aromatic rings. The van der Waals surface area contributed by atoms with E-state index in [1.165, 1.54) is 11.1 Å². The van der Waals surface area contributed by atoms with Gasteiger partial charge in [-0.3, -0.25) is 15.6 Å². The van der Waals surface area contributed by atoms with Gasteiger partial charge < -0.3 is 15.4 Å². The van der Waals surface area contributed by atoms with Gasteiger partial charge in [0.15, 0.2) is 0 Å². The van der Waals surface area contributed by atoms with Gasteiger partial charge in [-0.05, 0) is 26.8 Å². The molecule has 0 spiro atoms. The molecule has 0 aliphatic heterocycles. The molecule has 4 N–H and O–H groups in total. The largest absolute Gasteiger partial charge is 0.394 e. The van der Waals surface area contributed by atoms with Crippen LogP contribution < -0.4 is 11.3 Å². The van der Waals surface area contributed by atoms with E-state index in [4.69, 9.17) is 5.84 Å². The third-order valence-corrected chi connectivity index (χ3v) is 3.03. The fraction of sp³-hybridized carbons (Fsp3) is 0.500. The average molecular weight is 252 g/mol. The molecule has 0 aliphatic carbocycles. The number of carbonyl (C=O) groups is 1. The first-order valence-electron chi connectivity index (χ1n) is 5.65. The van der Waals surface area contributed by atoms with Crippen LogP contribution in [0.4, 0.5) is 5.69 Å². The molecular weight excluding hydrogens is 232 g/mol. The van der Waals surface area contributed by atoms with Crippen molar-refractivity contribution in [2.24, 2.45) is 5.84 Å². The van der Waals surface area contributed by atoms with Crippen molar-refractivity contribution >= 4 is 11.6 Å². The van der Waals surface area contributed by atoms with Crippen LogP contribution in [-0.2, 0) is 0 Å². The molecule has 1 amide bonds. The Morgan fingerprint density at radius 3 is 2.72 bits per heavy atom. The molecule has 0 aliphatic rings. The lowest BCUT2D eigenvalue weighted by Crippen LogP contribution is -2.47. The lowest BCUT2D eigenvalue weighted by molar-refractivity contribution is 0.0473. The van der Waals surface area contributed by atoms with E-state index in [0.717, 1.165) is 5.69 Å². The molecule has 0 radical (unpaired) electrons. The molecule has 0 aromatic carbocycles. The number of carbonyl (C=O) groups excluding carboxylic acids is 1. The Bertz CT molecular complexity index is 446. The molecular formula is C12H20N4O2. The lowest BCUT2D eigenvalue weighted by Gasteiger charge is -2.34. The summed E-state index contributed by atoms with van der Waals surface area (Å²) in [6, 6.07) is 1.70. The summed E-state index contributed by atoms with van der Waals surface area (Å²) >= 11 is 0. The SMILES string of the molecule is Cc1cc(NN)c(C(=O)N(C)C(C)(C)CO)cn1. The van der Waals surface area contributed by atoms with Crippen LogP contribution in [0.2, 0.25) is 0 Å². The smallest absolute Gasteiger partial charge is 0.257 e. The molecule has 6 nitrogen and oxygen atoms in total. The van der Waals surface area contributed by atoms with Gasteiger partial charge in [-0.25, -0.2) is 0 Å². The number of nitrogens with zero attached hydrogens (tertiary/aromatic N) is 2. The Kier molecular flexibility index (Phi) is 4.26. The van der Waals surface area contributed by atoms with Gasteiger partial charge in [0.25, 0.3) is 5.91 Å². The predicted molar refractivity (Wildman–Crippen MR) is 70.0 cm³/mol. The number of aryl methyl sites for hydroxylation is 1. The summed E-state index contributed by atoms with van der Waals surface area (Å²) < 4.78 is 0. The molecule has 18 heavy (non-hydrogen) atoms. The van der Waals surface area contributed by atoms with Gasteiger partial charge in [-0.1, -0.05) is 0 Å². The number of nitrogens with one attached hydrogen (secondary N) is 1. The van der Waals surface area contributed by atoms with Gasteiger partial charge in [0.1, 0.15) is 0 Å². The van der Waals surface area contributed by atoms with Gasteiger partial charge in [0, 0.05) is 18.9 Å². The number of aromatic nitrogens is 1. The fourth-order valence-corrected chi connectivity index (χ4v) is 1.41. The molecule has 100 valence electrons. The molecule has 0 bridgehead atoms. The summed E-state index contributed by atoms with van der Waals surface area (Å²) in [6.07, 6.45) is 1.48. The second-order valence-electron chi connectivity index (χ2n) is 4.85. The lowest BCUT2D eigenvalue weighted by atomic mass is 10.0. The summed E-state index contributed by atoms with van der Waals surface area (Å²) in [5.74, 6) is 5.16. The Balaban J connectivity index is 3.11. The zero-order valence-electron chi connectivity index (χ0n) is 11.2. The topological polar surface area (TPSA) is 91.5 Å². The Labute approximate surface area is 107 Å². The maximum absolute atomic E-state index is 12.3. The van der Waals surface area contributed by atoms with E-state index in [1.54, 1.807) is 27.0 Å². The van der Waals surface area contributed by atoms with Crippen LogP contribution >= 0.6 is 0 Å². The highest BCUT2D eigenvalue weighted by Crippen LogP contribution is 2.20. The van der Waals surface area contributed by atoms with E-state index < -0.39 is 5.54 Å². The number of hydrogen-bond donors (Lipinski definition) is 3. The number of rotatable bonds is 4. The van der Waals surface area contributed by atoms with Gasteiger partial charge in [0.05, 0.1) is 23.4 Å². The van der Waals surface area contributed by atoms with Crippen molar-refractivity contribution in [3.63, 3.8) is 0 Å². The highest BCUT2D eigenvalue weighted by Gasteiger charge is 2.28. The number of hydrogen-bond acceptors (Lipinski definition) is 5. The van der Waals surface area contributed by atoms with E-state index in [2.05, 4.69) is 10.4 Å². The van der Waals surface area contributed by atoms with E-state index in [0.29, 0.717) is 11.3 Å². The maximum atomic E-state index is 12.3. The van der Waals surface area contributed by atoms with Crippen molar-refractivity contribution in [2.45, 2.75) is 26.3 Å². The highest BCUT2D eigenvalue weighted by molar-refractivity contribution is 5.99. The number of nitrogen functional groups attached to an aromatic ring is 1. The standard InChI is InChI=1S/C12H20N4O2/c1-8-5-10(15-13)9(6-14-8)11(18)16(4)12(2,3)7-17/h5-6,17H,7,13H2,1-4H3,(H,14,15). The molecule has 0 atom stereocenters. The third kappa shape index (κ3) is 2.77. The molecule has 6 heteroatoms. The minimum Gasteiger partial charge on any atom is -0.394 e. The van der Waals surface area contributed by atoms with Crippen LogP contribution in [0.1, 0.15) is 29.9 Å². The molecule has 0 fully saturated rings. The van der Waals surface area contributed by atoms with Crippen LogP contribution in [0.3, 0.4) is 0 Å². The van der Waals surface area contributed by atoms with Crippen molar-refractivity contribution < 1.29 is 9.90 Å². The Morgan fingerprint density at radius 2 is 2.22 bits per heavy atom. The monoisotopic (exact) mass is 252 g/mol. The van der Waals surface area contributed by atoms with Crippen LogP contribution in [0, 0.1) is 6.92 Å². The normalized spacial score (nSPS) is 11.2. The minimum atomic E-state index is -0.645. The van der Waals surface area contributed by atoms with Crippen LogP contribution in [0.15, 0.2) is 12.3 Å². The van der Waals surface area contributed by atoms with Gasteiger partial charge in [-0.2, -0.15) is 0 Å². The van der Waals surface area contributed by atoms with E-state index >= 15 is 0 Å². The Morgan fingerprint density at radius 1 is 1.61 bits per heavy atom. The number of pyridine rings is 1. The summed E-state index contributed by atoms with van der Waals surface area (Å²) in [7, 11) is 1.64. The van der Waals surface area contributed by atoms with Crippen LogP contribution in [0.5, 0.6) is 0 Å². The number of hydrazine groups is 1. The Hall–Kier alpha value is -1.66. The summed E-state index contributed by atoms with van der Waals surface area (Å²) in [4.78, 5) is 17.9. The van der Waals surface area contributed by atoms with Crippen molar-refractivity contribution in [3.05, 3.63) is 23.5 Å². The van der Waals surface area contributed by atoms with Crippen molar-refractivity contribution in [3.8, 4) is 0 Å². The number of nitrogens with two attached hydrogens (primary N) is 1. The number of anilines is 1. The molecule has 1 aromatic heterocycles. The van der Waals surface area contributed by atoms with Crippen LogP contribution in [-0.4, -0.2) is 40.1 Å². The third-order valence-electron chi connectivity index (χ3n) is 3.03. The number of aliphatic hydroxyl groups excluding tert-OH is 1. The minimum absolute atomic E-state index is 0.125. The highest BCUT2D eigenvalue weighted by atomic mass is 16.3. The van der Waals surface area contributed by atoms with E-state index in [-0.39, 0.29) is 12.5 Å². The van der Waals surface area contributed by atoms with Crippen molar-refractivity contribution in [2.75, 3.05) is 19.1 Å². The van der Waals surface area contributed by atoms with Crippen molar-refractivity contribution in [1.29, 1.82) is 0 Å². The second kappa shape index (κ2) is 5.32. The summed E-state index contributed by atoms with van der Waals surface area (Å²) in [5, 5.41) is 9.28. The number of likely N-dealkylation sites (N-methyl/N-ethyl adjacent to an activating group) is 1. The van der Waals surface area contributed by atoms with Crippen molar-refractivity contribution in [1.82, 2.24) is 9.88 Å². The fourth-order valence-electron chi connectivity index (χ4n) is 1.41. The second-order valence-corrected chi connectivity index (χ2v) is 4.85. The molecule has 0 saturated carbocycles. The summed E-state index contributed by atoms with van der Waals surface area (Å²) in [6.45, 7) is 5.25. The van der Waals surface area contributed by atoms with E-state index in [9.17, 15) is 9.90 Å². The zero-order chi connectivity index (χ0) is 13.9. The first-order valence-corrected chi connectivity index (χ1v) is 5.65. The number of aliphatic hydroxyl groups is 1. The predicted octanol–water partition coefficient (Wildman–Crippen LogP) is 0.519.